The third-order valence-corrected chi connectivity index (χ3v) is 7.41. The summed E-state index contributed by atoms with van der Waals surface area (Å²) in [6.07, 6.45) is 6.89. The van der Waals surface area contributed by atoms with Crippen molar-refractivity contribution < 1.29 is 14.6 Å². The van der Waals surface area contributed by atoms with Gasteiger partial charge in [-0.3, -0.25) is 4.79 Å². The summed E-state index contributed by atoms with van der Waals surface area (Å²) in [5, 5.41) is 13.4. The molecule has 3 aromatic rings. The molecular formula is C30H33NO3. The van der Waals surface area contributed by atoms with E-state index in [-0.39, 0.29) is 11.7 Å². The van der Waals surface area contributed by atoms with Gasteiger partial charge in [-0.25, -0.2) is 0 Å². The number of fused-ring (bicyclic) bond motifs is 1. The van der Waals surface area contributed by atoms with Gasteiger partial charge in [0.1, 0.15) is 23.6 Å². The summed E-state index contributed by atoms with van der Waals surface area (Å²) >= 11 is 0. The van der Waals surface area contributed by atoms with E-state index in [2.05, 4.69) is 29.6 Å². The number of nitrogens with one attached hydrogen (secondary N) is 1. The lowest BCUT2D eigenvalue weighted by Gasteiger charge is -2.42. The monoisotopic (exact) mass is 455 g/mol. The van der Waals surface area contributed by atoms with E-state index >= 15 is 0 Å². The Labute approximate surface area is 202 Å². The molecule has 1 aliphatic carbocycles. The molecule has 0 radical (unpaired) electrons. The van der Waals surface area contributed by atoms with Gasteiger partial charge in [0.25, 0.3) is 0 Å². The molecule has 4 heteroatoms. The van der Waals surface area contributed by atoms with Crippen LogP contribution in [0, 0.1) is 5.92 Å². The van der Waals surface area contributed by atoms with Crippen molar-refractivity contribution in [3.8, 4) is 11.5 Å². The van der Waals surface area contributed by atoms with Crippen LogP contribution in [0.2, 0.25) is 0 Å². The minimum Gasteiger partial charge on any atom is -0.508 e. The number of carbonyl (C=O) groups is 1. The molecule has 0 amide bonds. The second-order valence-electron chi connectivity index (χ2n) is 9.72. The van der Waals surface area contributed by atoms with Crippen molar-refractivity contribution in [1.29, 1.82) is 0 Å². The van der Waals surface area contributed by atoms with Crippen molar-refractivity contribution in [2.24, 2.45) is 5.92 Å². The van der Waals surface area contributed by atoms with Crippen LogP contribution in [0.15, 0.2) is 72.8 Å². The summed E-state index contributed by atoms with van der Waals surface area (Å²) in [7, 11) is 0. The molecule has 3 aromatic carbocycles. The zero-order valence-electron chi connectivity index (χ0n) is 19.6. The molecule has 1 fully saturated rings. The third-order valence-electron chi connectivity index (χ3n) is 7.41. The molecule has 1 atom stereocenters. The van der Waals surface area contributed by atoms with Gasteiger partial charge in [-0.15, -0.1) is 0 Å². The van der Waals surface area contributed by atoms with Crippen molar-refractivity contribution in [2.75, 3.05) is 6.54 Å². The number of aromatic hydroxyl groups is 1. The van der Waals surface area contributed by atoms with E-state index in [1.807, 2.05) is 36.4 Å². The van der Waals surface area contributed by atoms with Crippen LogP contribution in [-0.2, 0) is 29.8 Å². The first-order chi connectivity index (χ1) is 16.6. The largest absolute Gasteiger partial charge is 0.508 e. The van der Waals surface area contributed by atoms with E-state index in [1.54, 1.807) is 12.1 Å². The fraction of sp³-hybridized carbons (Fsp3) is 0.367. The lowest BCUT2D eigenvalue weighted by atomic mass is 9.69. The fourth-order valence-electron chi connectivity index (χ4n) is 5.63. The Morgan fingerprint density at radius 1 is 0.941 bits per heavy atom. The molecule has 0 aromatic heterocycles. The standard InChI is InChI=1S/C30H33NO3/c32-26-13-11-22(12-14-26)20-30(29(33)24-9-5-2-6-10-24)28-16-15-27(19-25(28)17-18-31-30)34-21-23-7-3-1-4-8-23/h1,3-4,7-8,11-16,19,24,31-32H,2,5-6,9-10,17-18,20-21H2. The second kappa shape index (κ2) is 10.0. The lowest BCUT2D eigenvalue weighted by molar-refractivity contribution is -0.131. The number of phenolic OH excluding ortho intramolecular Hbond substituents is 1. The Bertz CT molecular complexity index is 1120. The Morgan fingerprint density at radius 2 is 1.71 bits per heavy atom. The van der Waals surface area contributed by atoms with E-state index in [4.69, 9.17) is 4.74 Å². The molecule has 1 unspecified atom stereocenters. The highest BCUT2D eigenvalue weighted by molar-refractivity contribution is 5.93. The lowest BCUT2D eigenvalue weighted by Crippen LogP contribution is -2.56. The average Bonchev–Trinajstić information content (AvgIpc) is 2.89. The molecule has 2 N–H and O–H groups in total. The fourth-order valence-corrected chi connectivity index (χ4v) is 5.63. The van der Waals surface area contributed by atoms with Crippen LogP contribution in [0.5, 0.6) is 11.5 Å². The predicted molar refractivity (Wildman–Crippen MR) is 134 cm³/mol. The Balaban J connectivity index is 1.47. The number of ether oxygens (including phenoxy) is 1. The summed E-state index contributed by atoms with van der Waals surface area (Å²) in [5.74, 6) is 1.50. The Kier molecular flexibility index (Phi) is 6.68. The third kappa shape index (κ3) is 4.74. The SMILES string of the molecule is O=C(C1CCCCC1)C1(Cc2ccc(O)cc2)NCCc2cc(OCc3ccccc3)ccc21. The quantitative estimate of drug-likeness (QED) is 0.480. The number of carbonyl (C=O) groups excluding carboxylic acids is 1. The van der Waals surface area contributed by atoms with Crippen LogP contribution >= 0.6 is 0 Å². The number of ketones is 1. The minimum atomic E-state index is -0.746. The highest BCUT2D eigenvalue weighted by Crippen LogP contribution is 2.40. The Morgan fingerprint density at radius 3 is 2.47 bits per heavy atom. The molecule has 176 valence electrons. The molecule has 1 heterocycles. The number of hydrogen-bond acceptors (Lipinski definition) is 4. The molecule has 0 saturated heterocycles. The molecular weight excluding hydrogens is 422 g/mol. The van der Waals surface area contributed by atoms with E-state index < -0.39 is 5.54 Å². The first kappa shape index (κ1) is 22.7. The van der Waals surface area contributed by atoms with Crippen molar-refractivity contribution in [1.82, 2.24) is 5.32 Å². The van der Waals surface area contributed by atoms with Gasteiger partial charge in [0, 0.05) is 18.9 Å². The molecule has 0 spiro atoms. The van der Waals surface area contributed by atoms with E-state index in [0.717, 1.165) is 61.1 Å². The van der Waals surface area contributed by atoms with Gasteiger partial charge in [-0.05, 0) is 65.8 Å². The van der Waals surface area contributed by atoms with Gasteiger partial charge in [0.15, 0.2) is 5.78 Å². The maximum atomic E-state index is 14.2. The van der Waals surface area contributed by atoms with Crippen LogP contribution in [0.4, 0.5) is 0 Å². The smallest absolute Gasteiger partial charge is 0.160 e. The molecule has 1 saturated carbocycles. The summed E-state index contributed by atoms with van der Waals surface area (Å²) in [5.41, 5.74) is 3.70. The van der Waals surface area contributed by atoms with Gasteiger partial charge in [0.2, 0.25) is 0 Å². The Hall–Kier alpha value is -3.11. The topological polar surface area (TPSA) is 58.6 Å². The summed E-state index contributed by atoms with van der Waals surface area (Å²) in [6.45, 7) is 1.28. The summed E-state index contributed by atoms with van der Waals surface area (Å²) in [6, 6.07) is 23.7. The van der Waals surface area contributed by atoms with Gasteiger partial charge in [0.05, 0.1) is 0 Å². The maximum absolute atomic E-state index is 14.2. The highest BCUT2D eigenvalue weighted by atomic mass is 16.5. The molecule has 34 heavy (non-hydrogen) atoms. The summed E-state index contributed by atoms with van der Waals surface area (Å²) < 4.78 is 6.10. The first-order valence-corrected chi connectivity index (χ1v) is 12.5. The zero-order chi connectivity index (χ0) is 23.4. The molecule has 4 nitrogen and oxygen atoms in total. The molecule has 2 aliphatic rings. The zero-order valence-corrected chi connectivity index (χ0v) is 19.6. The average molecular weight is 456 g/mol. The van der Waals surface area contributed by atoms with Gasteiger partial charge in [-0.1, -0.05) is 67.8 Å². The van der Waals surface area contributed by atoms with Gasteiger partial charge in [-0.2, -0.15) is 0 Å². The highest BCUT2D eigenvalue weighted by Gasteiger charge is 2.46. The number of benzene rings is 3. The van der Waals surface area contributed by atoms with E-state index in [0.29, 0.717) is 18.8 Å². The molecule has 0 bridgehead atoms. The van der Waals surface area contributed by atoms with Crippen LogP contribution in [0.25, 0.3) is 0 Å². The van der Waals surface area contributed by atoms with Crippen LogP contribution < -0.4 is 10.1 Å². The number of rotatable bonds is 7. The van der Waals surface area contributed by atoms with E-state index in [1.165, 1.54) is 12.0 Å². The van der Waals surface area contributed by atoms with E-state index in [9.17, 15) is 9.90 Å². The van der Waals surface area contributed by atoms with Crippen molar-refractivity contribution in [3.05, 3.63) is 95.1 Å². The second-order valence-corrected chi connectivity index (χ2v) is 9.72. The first-order valence-electron chi connectivity index (χ1n) is 12.5. The number of hydrogen-bond donors (Lipinski definition) is 2. The number of phenols is 1. The van der Waals surface area contributed by atoms with Gasteiger partial charge >= 0.3 is 0 Å². The predicted octanol–water partition coefficient (Wildman–Crippen LogP) is 5.70. The van der Waals surface area contributed by atoms with Crippen LogP contribution in [0.3, 0.4) is 0 Å². The molecule has 5 rings (SSSR count). The normalized spacial score (nSPS) is 20.5. The van der Waals surface area contributed by atoms with Crippen molar-refractivity contribution in [3.63, 3.8) is 0 Å². The van der Waals surface area contributed by atoms with Crippen LogP contribution in [0.1, 0.15) is 54.4 Å². The molecule has 1 aliphatic heterocycles. The van der Waals surface area contributed by atoms with Crippen molar-refractivity contribution in [2.45, 2.75) is 57.1 Å². The minimum absolute atomic E-state index is 0.0957. The number of Topliss-reactive ketones (excluding diaryl/α,β-unsaturated/α-hetero) is 1. The summed E-state index contributed by atoms with van der Waals surface area (Å²) in [4.78, 5) is 14.2. The van der Waals surface area contributed by atoms with Crippen LogP contribution in [-0.4, -0.2) is 17.4 Å². The van der Waals surface area contributed by atoms with Gasteiger partial charge < -0.3 is 15.2 Å². The van der Waals surface area contributed by atoms with Crippen molar-refractivity contribution >= 4 is 5.78 Å². The maximum Gasteiger partial charge on any atom is 0.160 e.